The Hall–Kier alpha value is -1.32. The van der Waals surface area contributed by atoms with Gasteiger partial charge < -0.3 is 9.47 Å². The summed E-state index contributed by atoms with van der Waals surface area (Å²) in [7, 11) is -0.403. The third-order valence-electron chi connectivity index (χ3n) is 3.02. The summed E-state index contributed by atoms with van der Waals surface area (Å²) in [5.41, 5.74) is 0. The number of halogens is 1. The number of hydrogen-bond donors (Lipinski definition) is 0. The van der Waals surface area contributed by atoms with Crippen LogP contribution >= 0.6 is 22.6 Å². The van der Waals surface area contributed by atoms with Gasteiger partial charge in [0.2, 0.25) is 10.0 Å². The van der Waals surface area contributed by atoms with Gasteiger partial charge in [0.1, 0.15) is 24.7 Å². The van der Waals surface area contributed by atoms with Crippen molar-refractivity contribution in [3.63, 3.8) is 0 Å². The van der Waals surface area contributed by atoms with E-state index in [0.29, 0.717) is 19.0 Å². The van der Waals surface area contributed by atoms with Crippen LogP contribution in [0.25, 0.3) is 0 Å². The molecule has 0 N–H and O–H groups in total. The normalized spacial score (nSPS) is 11.5. The quantitative estimate of drug-likeness (QED) is 0.484. The summed E-state index contributed by atoms with van der Waals surface area (Å²) >= 11 is 2.23. The number of hydrogen-bond acceptors (Lipinski definition) is 4. The second-order valence-electron chi connectivity index (χ2n) is 4.91. The Morgan fingerprint density at radius 3 is 2.13 bits per heavy atom. The zero-order valence-electron chi connectivity index (χ0n) is 12.9. The minimum atomic E-state index is -3.41. The zero-order chi connectivity index (χ0) is 16.9. The Kier molecular flexibility index (Phi) is 6.25. The third-order valence-corrected chi connectivity index (χ3v) is 5.52. The lowest BCUT2D eigenvalue weighted by molar-refractivity contribution is 0.217. The van der Waals surface area contributed by atoms with Crippen LogP contribution in [0.15, 0.2) is 53.4 Å². The van der Waals surface area contributed by atoms with Gasteiger partial charge in [0.05, 0.1) is 4.90 Å². The first-order valence-corrected chi connectivity index (χ1v) is 9.45. The van der Waals surface area contributed by atoms with Crippen LogP contribution in [0.2, 0.25) is 0 Å². The molecule has 2 aromatic rings. The summed E-state index contributed by atoms with van der Waals surface area (Å²) in [5.74, 6) is 1.40. The lowest BCUT2D eigenvalue weighted by Gasteiger charge is -2.12. The summed E-state index contributed by atoms with van der Waals surface area (Å²) < 4.78 is 37.3. The first-order valence-electron chi connectivity index (χ1n) is 6.93. The van der Waals surface area contributed by atoms with Gasteiger partial charge in [-0.1, -0.05) is 6.07 Å². The molecule has 124 valence electrons. The van der Waals surface area contributed by atoms with E-state index in [2.05, 4.69) is 22.6 Å². The van der Waals surface area contributed by atoms with Crippen LogP contribution in [0, 0.1) is 3.57 Å². The molecule has 0 aliphatic rings. The Morgan fingerprint density at radius 1 is 0.957 bits per heavy atom. The van der Waals surface area contributed by atoms with Crippen molar-refractivity contribution in [2.75, 3.05) is 27.3 Å². The van der Waals surface area contributed by atoms with Crippen LogP contribution in [-0.2, 0) is 10.0 Å². The maximum absolute atomic E-state index is 12.0. The van der Waals surface area contributed by atoms with Crippen molar-refractivity contribution < 1.29 is 17.9 Å². The topological polar surface area (TPSA) is 55.8 Å². The van der Waals surface area contributed by atoms with E-state index in [-0.39, 0.29) is 4.90 Å². The van der Waals surface area contributed by atoms with Gasteiger partial charge in [-0.25, -0.2) is 12.7 Å². The summed E-state index contributed by atoms with van der Waals surface area (Å²) in [4.78, 5) is 0.241. The summed E-state index contributed by atoms with van der Waals surface area (Å²) in [6, 6.07) is 14.1. The molecule has 0 aliphatic heterocycles. The number of rotatable bonds is 7. The maximum atomic E-state index is 12.0. The van der Waals surface area contributed by atoms with Crippen LogP contribution in [0.4, 0.5) is 0 Å². The molecule has 0 aliphatic carbocycles. The standard InChI is InChI=1S/C16H18INO4S/c1-18(2)23(19,20)16-8-6-14(7-9-16)21-10-11-22-15-5-3-4-13(17)12-15/h3-9,12H,10-11H2,1-2H3. The number of ether oxygens (including phenoxy) is 2. The van der Waals surface area contributed by atoms with Gasteiger partial charge in [-0.05, 0) is 65.1 Å². The number of sulfonamides is 1. The van der Waals surface area contributed by atoms with Crippen molar-refractivity contribution in [2.45, 2.75) is 4.90 Å². The SMILES string of the molecule is CN(C)S(=O)(=O)c1ccc(OCCOc2cccc(I)c2)cc1. The summed E-state index contributed by atoms with van der Waals surface area (Å²) in [6.07, 6.45) is 0. The van der Waals surface area contributed by atoms with Gasteiger partial charge in [0.15, 0.2) is 0 Å². The molecular weight excluding hydrogens is 429 g/mol. The van der Waals surface area contributed by atoms with E-state index < -0.39 is 10.0 Å². The molecule has 5 nitrogen and oxygen atoms in total. The van der Waals surface area contributed by atoms with Crippen molar-refractivity contribution in [1.82, 2.24) is 4.31 Å². The van der Waals surface area contributed by atoms with Crippen molar-refractivity contribution in [1.29, 1.82) is 0 Å². The highest BCUT2D eigenvalue weighted by molar-refractivity contribution is 14.1. The Labute approximate surface area is 150 Å². The van der Waals surface area contributed by atoms with Crippen LogP contribution in [0.3, 0.4) is 0 Å². The van der Waals surface area contributed by atoms with Crippen LogP contribution in [-0.4, -0.2) is 40.0 Å². The molecule has 0 bridgehead atoms. The molecule has 2 rings (SSSR count). The van der Waals surface area contributed by atoms with Gasteiger partial charge in [-0.3, -0.25) is 0 Å². The van der Waals surface area contributed by atoms with Gasteiger partial charge in [-0.2, -0.15) is 0 Å². The first-order chi connectivity index (χ1) is 10.9. The average molecular weight is 447 g/mol. The smallest absolute Gasteiger partial charge is 0.242 e. The minimum absolute atomic E-state index is 0.241. The van der Waals surface area contributed by atoms with E-state index in [1.165, 1.54) is 30.5 Å². The fourth-order valence-corrected chi connectivity index (χ4v) is 3.21. The molecular formula is C16H18INO4S. The minimum Gasteiger partial charge on any atom is -0.490 e. The van der Waals surface area contributed by atoms with Crippen molar-refractivity contribution in [2.24, 2.45) is 0 Å². The van der Waals surface area contributed by atoms with Crippen molar-refractivity contribution in [3.8, 4) is 11.5 Å². The Balaban J connectivity index is 1.85. The molecule has 0 saturated carbocycles. The molecule has 0 heterocycles. The molecule has 0 atom stereocenters. The van der Waals surface area contributed by atoms with Gasteiger partial charge >= 0.3 is 0 Å². The van der Waals surface area contributed by atoms with E-state index in [9.17, 15) is 8.42 Å². The highest BCUT2D eigenvalue weighted by atomic mass is 127. The predicted octanol–water partition coefficient (Wildman–Crippen LogP) is 3.00. The van der Waals surface area contributed by atoms with Crippen LogP contribution < -0.4 is 9.47 Å². The van der Waals surface area contributed by atoms with Gasteiger partial charge in [0, 0.05) is 17.7 Å². The summed E-state index contributed by atoms with van der Waals surface area (Å²) in [6.45, 7) is 0.795. The molecule has 0 unspecified atom stereocenters. The highest BCUT2D eigenvalue weighted by Gasteiger charge is 2.16. The van der Waals surface area contributed by atoms with Crippen LogP contribution in [0.5, 0.6) is 11.5 Å². The van der Waals surface area contributed by atoms with Crippen molar-refractivity contribution >= 4 is 32.6 Å². The number of nitrogens with zero attached hydrogens (tertiary/aromatic N) is 1. The molecule has 0 aromatic heterocycles. The maximum Gasteiger partial charge on any atom is 0.242 e. The Morgan fingerprint density at radius 2 is 1.57 bits per heavy atom. The van der Waals surface area contributed by atoms with E-state index in [4.69, 9.17) is 9.47 Å². The third kappa shape index (κ3) is 5.08. The fraction of sp³-hybridized carbons (Fsp3) is 0.250. The summed E-state index contributed by atoms with van der Waals surface area (Å²) in [5, 5.41) is 0. The second kappa shape index (κ2) is 7.98. The molecule has 0 amide bonds. The molecule has 0 fully saturated rings. The van der Waals surface area contributed by atoms with E-state index in [1.807, 2.05) is 24.3 Å². The van der Waals surface area contributed by atoms with Crippen LogP contribution in [0.1, 0.15) is 0 Å². The predicted molar refractivity (Wildman–Crippen MR) is 97.5 cm³/mol. The first kappa shape index (κ1) is 18.0. The highest BCUT2D eigenvalue weighted by Crippen LogP contribution is 2.18. The van der Waals surface area contributed by atoms with E-state index >= 15 is 0 Å². The lowest BCUT2D eigenvalue weighted by atomic mass is 10.3. The van der Waals surface area contributed by atoms with E-state index in [1.54, 1.807) is 12.1 Å². The second-order valence-corrected chi connectivity index (χ2v) is 8.31. The molecule has 23 heavy (non-hydrogen) atoms. The largest absolute Gasteiger partial charge is 0.490 e. The Bertz CT molecular complexity index is 745. The average Bonchev–Trinajstić information content (AvgIpc) is 2.52. The van der Waals surface area contributed by atoms with Crippen molar-refractivity contribution in [3.05, 3.63) is 52.1 Å². The van der Waals surface area contributed by atoms with Gasteiger partial charge in [0.25, 0.3) is 0 Å². The monoisotopic (exact) mass is 447 g/mol. The fourth-order valence-electron chi connectivity index (χ4n) is 1.79. The van der Waals surface area contributed by atoms with E-state index in [0.717, 1.165) is 9.32 Å². The number of benzene rings is 2. The molecule has 0 saturated heterocycles. The zero-order valence-corrected chi connectivity index (χ0v) is 15.9. The molecule has 2 aromatic carbocycles. The molecule has 7 heteroatoms. The molecule has 0 spiro atoms. The molecule has 0 radical (unpaired) electrons. The lowest BCUT2D eigenvalue weighted by Crippen LogP contribution is -2.22. The van der Waals surface area contributed by atoms with Gasteiger partial charge in [-0.15, -0.1) is 0 Å².